The van der Waals surface area contributed by atoms with Crippen molar-refractivity contribution < 1.29 is 9.90 Å². The summed E-state index contributed by atoms with van der Waals surface area (Å²) in [4.78, 5) is 14.9. The molecule has 3 nitrogen and oxygen atoms in total. The molecule has 1 saturated heterocycles. The number of piperidine rings is 1. The van der Waals surface area contributed by atoms with E-state index in [-0.39, 0.29) is 6.04 Å². The Labute approximate surface area is 144 Å². The van der Waals surface area contributed by atoms with Crippen LogP contribution in [0.15, 0.2) is 42.5 Å². The normalized spacial score (nSPS) is 19.8. The van der Waals surface area contributed by atoms with Crippen LogP contribution in [-0.4, -0.2) is 35.1 Å². The number of likely N-dealkylation sites (tertiary alicyclic amines) is 1. The number of nitrogens with zero attached hydrogens (tertiary/aromatic N) is 1. The van der Waals surface area contributed by atoms with Crippen molar-refractivity contribution >= 4 is 16.7 Å². The maximum absolute atomic E-state index is 12.6. The van der Waals surface area contributed by atoms with Crippen LogP contribution in [0.5, 0.6) is 0 Å². The summed E-state index contributed by atoms with van der Waals surface area (Å²) in [7, 11) is 0. The first kappa shape index (κ1) is 17.0. The van der Waals surface area contributed by atoms with Gasteiger partial charge in [0.1, 0.15) is 5.41 Å². The summed E-state index contributed by atoms with van der Waals surface area (Å²) in [6.07, 6.45) is 4.18. The van der Waals surface area contributed by atoms with Gasteiger partial charge in [-0.25, -0.2) is 0 Å². The summed E-state index contributed by atoms with van der Waals surface area (Å²) in [6, 6.07) is 14.2. The van der Waals surface area contributed by atoms with Crippen LogP contribution in [0.2, 0.25) is 0 Å². The van der Waals surface area contributed by atoms with Crippen molar-refractivity contribution in [3.8, 4) is 0 Å². The third kappa shape index (κ3) is 2.71. The zero-order chi connectivity index (χ0) is 17.2. The second-order valence-electron chi connectivity index (χ2n) is 6.93. The summed E-state index contributed by atoms with van der Waals surface area (Å²) < 4.78 is 0. The standard InChI is InChI=1S/C21H27NO2/c1-3-21(20(23)24,16(2)22-14-7-4-8-15-22)19-13-9-11-17-10-5-6-12-18(17)19/h5-6,9-13,16H,3-4,7-8,14-15H2,1-2H3,(H,23,24). The molecule has 2 aromatic carbocycles. The van der Waals surface area contributed by atoms with Crippen molar-refractivity contribution in [2.45, 2.75) is 51.0 Å². The van der Waals surface area contributed by atoms with E-state index in [2.05, 4.69) is 30.0 Å². The zero-order valence-corrected chi connectivity index (χ0v) is 14.7. The molecule has 2 aromatic rings. The van der Waals surface area contributed by atoms with E-state index in [1.807, 2.05) is 31.2 Å². The van der Waals surface area contributed by atoms with Gasteiger partial charge in [0.2, 0.25) is 0 Å². The lowest BCUT2D eigenvalue weighted by Gasteiger charge is -2.43. The van der Waals surface area contributed by atoms with Gasteiger partial charge in [0, 0.05) is 6.04 Å². The third-order valence-electron chi connectivity index (χ3n) is 5.86. The van der Waals surface area contributed by atoms with E-state index in [4.69, 9.17) is 0 Å². The lowest BCUT2D eigenvalue weighted by molar-refractivity contribution is -0.147. The quantitative estimate of drug-likeness (QED) is 0.883. The molecule has 24 heavy (non-hydrogen) atoms. The van der Waals surface area contributed by atoms with Crippen LogP contribution >= 0.6 is 0 Å². The molecule has 2 atom stereocenters. The minimum atomic E-state index is -0.877. The van der Waals surface area contributed by atoms with Crippen molar-refractivity contribution in [3.63, 3.8) is 0 Å². The molecule has 0 bridgehead atoms. The number of fused-ring (bicyclic) bond motifs is 1. The van der Waals surface area contributed by atoms with E-state index >= 15 is 0 Å². The van der Waals surface area contributed by atoms with Gasteiger partial charge in [-0.3, -0.25) is 9.69 Å². The lowest BCUT2D eigenvalue weighted by Crippen LogP contribution is -2.54. The average molecular weight is 325 g/mol. The number of carboxylic acids is 1. The molecule has 0 amide bonds. The maximum Gasteiger partial charge on any atom is 0.315 e. The Balaban J connectivity index is 2.16. The Bertz CT molecular complexity index is 715. The van der Waals surface area contributed by atoms with Gasteiger partial charge in [-0.05, 0) is 55.6 Å². The highest BCUT2D eigenvalue weighted by Crippen LogP contribution is 2.39. The Hall–Kier alpha value is -1.87. The highest BCUT2D eigenvalue weighted by atomic mass is 16.4. The molecule has 1 aliphatic heterocycles. The zero-order valence-electron chi connectivity index (χ0n) is 14.7. The fourth-order valence-electron chi connectivity index (χ4n) is 4.39. The molecular weight excluding hydrogens is 298 g/mol. The monoisotopic (exact) mass is 325 g/mol. The highest BCUT2D eigenvalue weighted by Gasteiger charge is 2.47. The molecule has 128 valence electrons. The molecule has 0 saturated carbocycles. The summed E-state index contributed by atoms with van der Waals surface area (Å²) in [5, 5.41) is 12.5. The first-order chi connectivity index (χ1) is 11.6. The number of aliphatic carboxylic acids is 1. The Morgan fingerprint density at radius 2 is 1.79 bits per heavy atom. The molecule has 0 aromatic heterocycles. The van der Waals surface area contributed by atoms with Crippen LogP contribution in [-0.2, 0) is 10.2 Å². The Morgan fingerprint density at radius 1 is 1.12 bits per heavy atom. The average Bonchev–Trinajstić information content (AvgIpc) is 2.63. The molecule has 3 heteroatoms. The van der Waals surface area contributed by atoms with Crippen LogP contribution in [0.4, 0.5) is 0 Å². The summed E-state index contributed by atoms with van der Waals surface area (Å²) >= 11 is 0. The number of carboxylic acid groups (broad SMARTS) is 1. The number of hydrogen-bond acceptors (Lipinski definition) is 2. The van der Waals surface area contributed by atoms with E-state index in [1.54, 1.807) is 0 Å². The van der Waals surface area contributed by atoms with Crippen molar-refractivity contribution in [1.82, 2.24) is 4.90 Å². The molecular formula is C21H27NO2. The third-order valence-corrected chi connectivity index (χ3v) is 5.86. The summed E-state index contributed by atoms with van der Waals surface area (Å²) in [5.74, 6) is -0.709. The lowest BCUT2D eigenvalue weighted by atomic mass is 9.70. The number of benzene rings is 2. The Morgan fingerprint density at radius 3 is 2.46 bits per heavy atom. The molecule has 0 aliphatic carbocycles. The topological polar surface area (TPSA) is 40.5 Å². The second kappa shape index (κ2) is 6.94. The smallest absolute Gasteiger partial charge is 0.315 e. The van der Waals surface area contributed by atoms with Crippen LogP contribution in [0, 0.1) is 0 Å². The fraction of sp³-hybridized carbons (Fsp3) is 0.476. The van der Waals surface area contributed by atoms with Crippen molar-refractivity contribution in [2.75, 3.05) is 13.1 Å². The molecule has 1 heterocycles. The van der Waals surface area contributed by atoms with Crippen LogP contribution in [0.25, 0.3) is 10.8 Å². The largest absolute Gasteiger partial charge is 0.481 e. The minimum Gasteiger partial charge on any atom is -0.481 e. The Kier molecular flexibility index (Phi) is 4.91. The molecule has 1 aliphatic rings. The van der Waals surface area contributed by atoms with Gasteiger partial charge < -0.3 is 5.11 Å². The van der Waals surface area contributed by atoms with Gasteiger partial charge in [-0.15, -0.1) is 0 Å². The predicted octanol–water partition coefficient (Wildman–Crippen LogP) is 4.45. The first-order valence-electron chi connectivity index (χ1n) is 9.07. The van der Waals surface area contributed by atoms with E-state index in [1.165, 1.54) is 19.3 Å². The number of carbonyl (C=O) groups is 1. The van der Waals surface area contributed by atoms with Gasteiger partial charge in [-0.2, -0.15) is 0 Å². The van der Waals surface area contributed by atoms with Crippen LogP contribution in [0.3, 0.4) is 0 Å². The van der Waals surface area contributed by atoms with Crippen molar-refractivity contribution in [1.29, 1.82) is 0 Å². The van der Waals surface area contributed by atoms with E-state index in [0.29, 0.717) is 6.42 Å². The van der Waals surface area contributed by atoms with Crippen LogP contribution in [0.1, 0.15) is 45.1 Å². The van der Waals surface area contributed by atoms with Crippen LogP contribution < -0.4 is 0 Å². The van der Waals surface area contributed by atoms with E-state index in [0.717, 1.165) is 29.4 Å². The summed E-state index contributed by atoms with van der Waals surface area (Å²) in [6.45, 7) is 6.11. The van der Waals surface area contributed by atoms with E-state index < -0.39 is 11.4 Å². The SMILES string of the molecule is CCC(C(=O)O)(c1cccc2ccccc12)C(C)N1CCCCC1. The van der Waals surface area contributed by atoms with Gasteiger partial charge in [-0.1, -0.05) is 55.8 Å². The van der Waals surface area contributed by atoms with Gasteiger partial charge >= 0.3 is 5.97 Å². The predicted molar refractivity (Wildman–Crippen MR) is 98.4 cm³/mol. The van der Waals surface area contributed by atoms with Gasteiger partial charge in [0.25, 0.3) is 0 Å². The molecule has 3 rings (SSSR count). The maximum atomic E-state index is 12.6. The van der Waals surface area contributed by atoms with Crippen molar-refractivity contribution in [2.24, 2.45) is 0 Å². The van der Waals surface area contributed by atoms with Gasteiger partial charge in [0.05, 0.1) is 0 Å². The van der Waals surface area contributed by atoms with E-state index in [9.17, 15) is 9.90 Å². The molecule has 1 N–H and O–H groups in total. The molecule has 2 unspecified atom stereocenters. The fourth-order valence-corrected chi connectivity index (χ4v) is 4.39. The highest BCUT2D eigenvalue weighted by molar-refractivity contribution is 5.93. The van der Waals surface area contributed by atoms with Gasteiger partial charge in [0.15, 0.2) is 0 Å². The summed E-state index contributed by atoms with van der Waals surface area (Å²) in [5.41, 5.74) is 0.0757. The molecule has 0 spiro atoms. The number of rotatable bonds is 5. The minimum absolute atomic E-state index is 0.0221. The molecule has 1 fully saturated rings. The number of hydrogen-bond donors (Lipinski definition) is 1. The van der Waals surface area contributed by atoms with Crippen molar-refractivity contribution in [3.05, 3.63) is 48.0 Å². The second-order valence-corrected chi connectivity index (χ2v) is 6.93. The first-order valence-corrected chi connectivity index (χ1v) is 9.07. The molecule has 0 radical (unpaired) electrons.